The van der Waals surface area contributed by atoms with Crippen LogP contribution in [0.15, 0.2) is 0 Å². The molecule has 0 aromatic carbocycles. The molecule has 1 heterocycles. The summed E-state index contributed by atoms with van der Waals surface area (Å²) in [7, 11) is 0. The predicted octanol–water partition coefficient (Wildman–Crippen LogP) is 1.35. The van der Waals surface area contributed by atoms with E-state index in [2.05, 4.69) is 11.8 Å². The molecule has 0 radical (unpaired) electrons. The predicted molar refractivity (Wildman–Crippen MR) is 60.4 cm³/mol. The molecule has 4 heteroatoms. The summed E-state index contributed by atoms with van der Waals surface area (Å²) in [6.07, 6.45) is 5.11. The van der Waals surface area contributed by atoms with Gasteiger partial charge in [0.05, 0.1) is 13.2 Å². The Morgan fingerprint density at radius 3 is 2.75 bits per heavy atom. The molecular formula is C12H21NO3. The Morgan fingerprint density at radius 1 is 1.44 bits per heavy atom. The van der Waals surface area contributed by atoms with Gasteiger partial charge in [-0.15, -0.1) is 0 Å². The molecule has 2 atom stereocenters. The first-order chi connectivity index (χ1) is 7.70. The van der Waals surface area contributed by atoms with Crippen molar-refractivity contribution < 1.29 is 14.6 Å². The average molecular weight is 227 g/mol. The third-order valence-electron chi connectivity index (χ3n) is 4.06. The molecule has 2 unspecified atom stereocenters. The van der Waals surface area contributed by atoms with E-state index in [0.29, 0.717) is 25.2 Å². The van der Waals surface area contributed by atoms with Gasteiger partial charge in [0.1, 0.15) is 6.04 Å². The van der Waals surface area contributed by atoms with Gasteiger partial charge in [-0.25, -0.2) is 0 Å². The van der Waals surface area contributed by atoms with Gasteiger partial charge < -0.3 is 9.84 Å². The molecule has 1 saturated heterocycles. The smallest absolute Gasteiger partial charge is 0.323 e. The maximum absolute atomic E-state index is 11.2. The first-order valence-electron chi connectivity index (χ1n) is 6.26. The summed E-state index contributed by atoms with van der Waals surface area (Å²) in [5, 5.41) is 9.18. The largest absolute Gasteiger partial charge is 0.480 e. The fraction of sp³-hybridized carbons (Fsp3) is 0.917. The Balaban J connectivity index is 2.01. The molecule has 1 saturated carbocycles. The molecule has 0 aromatic rings. The van der Waals surface area contributed by atoms with E-state index in [-0.39, 0.29) is 0 Å². The van der Waals surface area contributed by atoms with Gasteiger partial charge in [-0.05, 0) is 25.7 Å². The van der Waals surface area contributed by atoms with E-state index in [0.717, 1.165) is 6.54 Å². The fourth-order valence-corrected chi connectivity index (χ4v) is 3.03. The summed E-state index contributed by atoms with van der Waals surface area (Å²) in [6, 6.07) is -0.0585. The Bertz CT molecular complexity index is 251. The fourth-order valence-electron chi connectivity index (χ4n) is 3.03. The van der Waals surface area contributed by atoms with Crippen LogP contribution in [-0.4, -0.2) is 47.8 Å². The Hall–Kier alpha value is -0.610. The molecule has 0 spiro atoms. The zero-order chi connectivity index (χ0) is 11.5. The summed E-state index contributed by atoms with van der Waals surface area (Å²) < 4.78 is 5.26. The van der Waals surface area contributed by atoms with Crippen molar-refractivity contribution in [1.82, 2.24) is 4.90 Å². The van der Waals surface area contributed by atoms with Crippen LogP contribution < -0.4 is 0 Å². The van der Waals surface area contributed by atoms with Crippen LogP contribution in [0.3, 0.4) is 0 Å². The molecule has 1 N–H and O–H groups in total. The molecule has 1 aliphatic heterocycles. The van der Waals surface area contributed by atoms with Crippen molar-refractivity contribution in [3.8, 4) is 0 Å². The maximum Gasteiger partial charge on any atom is 0.323 e. The third kappa shape index (κ3) is 2.38. The number of aliphatic carboxylic acids is 1. The number of morpholine rings is 1. The van der Waals surface area contributed by atoms with Crippen LogP contribution in [0.5, 0.6) is 0 Å². The van der Waals surface area contributed by atoms with Crippen LogP contribution in [0.25, 0.3) is 0 Å². The summed E-state index contributed by atoms with van der Waals surface area (Å²) in [6.45, 7) is 3.94. The van der Waals surface area contributed by atoms with Gasteiger partial charge in [-0.3, -0.25) is 9.69 Å². The Morgan fingerprint density at radius 2 is 2.12 bits per heavy atom. The van der Waals surface area contributed by atoms with E-state index in [9.17, 15) is 9.90 Å². The minimum atomic E-state index is -0.746. The topological polar surface area (TPSA) is 49.8 Å². The lowest BCUT2D eigenvalue weighted by atomic mass is 9.96. The minimum Gasteiger partial charge on any atom is -0.480 e. The minimum absolute atomic E-state index is 0.340. The van der Waals surface area contributed by atoms with Crippen molar-refractivity contribution in [2.45, 2.75) is 44.7 Å². The van der Waals surface area contributed by atoms with Gasteiger partial charge in [-0.1, -0.05) is 12.8 Å². The molecule has 2 aliphatic rings. The lowest BCUT2D eigenvalue weighted by Gasteiger charge is -2.39. The van der Waals surface area contributed by atoms with Crippen molar-refractivity contribution in [2.24, 2.45) is 5.92 Å². The van der Waals surface area contributed by atoms with Crippen LogP contribution in [0.2, 0.25) is 0 Å². The van der Waals surface area contributed by atoms with E-state index in [1.54, 1.807) is 0 Å². The van der Waals surface area contributed by atoms with Gasteiger partial charge >= 0.3 is 5.97 Å². The Labute approximate surface area is 96.6 Å². The second-order valence-electron chi connectivity index (χ2n) is 4.95. The Kier molecular flexibility index (Phi) is 3.82. The summed E-state index contributed by atoms with van der Waals surface area (Å²) >= 11 is 0. The van der Waals surface area contributed by atoms with Crippen LogP contribution in [-0.2, 0) is 9.53 Å². The van der Waals surface area contributed by atoms with Crippen molar-refractivity contribution in [3.63, 3.8) is 0 Å². The number of carbonyl (C=O) groups is 1. The number of hydrogen-bond donors (Lipinski definition) is 1. The zero-order valence-electron chi connectivity index (χ0n) is 9.89. The summed E-state index contributed by atoms with van der Waals surface area (Å²) in [5.74, 6) is -0.0653. The van der Waals surface area contributed by atoms with E-state index in [1.807, 2.05) is 0 Å². The number of nitrogens with zero attached hydrogens (tertiary/aromatic N) is 1. The number of rotatable bonds is 3. The summed E-state index contributed by atoms with van der Waals surface area (Å²) in [4.78, 5) is 13.3. The van der Waals surface area contributed by atoms with Gasteiger partial charge in [-0.2, -0.15) is 0 Å². The summed E-state index contributed by atoms with van der Waals surface area (Å²) in [5.41, 5.74) is 0. The van der Waals surface area contributed by atoms with Crippen LogP contribution in [0, 0.1) is 5.92 Å². The SMILES string of the molecule is CC(C1CCCC1)N1CCOCC1C(=O)O. The van der Waals surface area contributed by atoms with Crippen molar-refractivity contribution in [2.75, 3.05) is 19.8 Å². The van der Waals surface area contributed by atoms with E-state index in [4.69, 9.17) is 4.74 Å². The second kappa shape index (κ2) is 5.15. The zero-order valence-corrected chi connectivity index (χ0v) is 9.89. The van der Waals surface area contributed by atoms with Gasteiger partial charge in [0.25, 0.3) is 0 Å². The molecular weight excluding hydrogens is 206 g/mol. The average Bonchev–Trinajstić information content (AvgIpc) is 2.81. The van der Waals surface area contributed by atoms with Crippen molar-refractivity contribution in [1.29, 1.82) is 0 Å². The van der Waals surface area contributed by atoms with E-state index in [1.165, 1.54) is 25.7 Å². The number of hydrogen-bond acceptors (Lipinski definition) is 3. The third-order valence-corrected chi connectivity index (χ3v) is 4.06. The van der Waals surface area contributed by atoms with Gasteiger partial charge in [0, 0.05) is 12.6 Å². The highest BCUT2D eigenvalue weighted by Gasteiger charge is 2.36. The van der Waals surface area contributed by atoms with Gasteiger partial charge in [0.2, 0.25) is 0 Å². The second-order valence-corrected chi connectivity index (χ2v) is 4.95. The quantitative estimate of drug-likeness (QED) is 0.790. The first-order valence-corrected chi connectivity index (χ1v) is 6.26. The maximum atomic E-state index is 11.2. The molecule has 16 heavy (non-hydrogen) atoms. The molecule has 2 fully saturated rings. The van der Waals surface area contributed by atoms with Crippen molar-refractivity contribution in [3.05, 3.63) is 0 Å². The molecule has 0 amide bonds. The normalized spacial score (nSPS) is 30.4. The molecule has 92 valence electrons. The van der Waals surface area contributed by atoms with Crippen LogP contribution in [0.4, 0.5) is 0 Å². The number of carboxylic acid groups (broad SMARTS) is 1. The number of carboxylic acids is 1. The van der Waals surface area contributed by atoms with Gasteiger partial charge in [0.15, 0.2) is 0 Å². The highest BCUT2D eigenvalue weighted by atomic mass is 16.5. The number of ether oxygens (including phenoxy) is 1. The first kappa shape index (κ1) is 11.9. The highest BCUT2D eigenvalue weighted by Crippen LogP contribution is 2.31. The molecule has 0 bridgehead atoms. The molecule has 2 rings (SSSR count). The van der Waals surface area contributed by atoms with E-state index < -0.39 is 12.0 Å². The van der Waals surface area contributed by atoms with E-state index >= 15 is 0 Å². The molecule has 0 aromatic heterocycles. The highest BCUT2D eigenvalue weighted by molar-refractivity contribution is 5.73. The molecule has 1 aliphatic carbocycles. The molecule has 4 nitrogen and oxygen atoms in total. The standard InChI is InChI=1S/C12H21NO3/c1-9(10-4-2-3-5-10)13-6-7-16-8-11(13)12(14)15/h9-11H,2-8H2,1H3,(H,14,15). The van der Waals surface area contributed by atoms with Crippen LogP contribution in [0.1, 0.15) is 32.6 Å². The van der Waals surface area contributed by atoms with Crippen LogP contribution >= 0.6 is 0 Å². The lowest BCUT2D eigenvalue weighted by molar-refractivity contribution is -0.152. The van der Waals surface area contributed by atoms with Crippen molar-refractivity contribution >= 4 is 5.97 Å². The lowest BCUT2D eigenvalue weighted by Crippen LogP contribution is -2.55. The monoisotopic (exact) mass is 227 g/mol.